The topological polar surface area (TPSA) is 92.5 Å². The van der Waals surface area contributed by atoms with Crippen molar-refractivity contribution in [2.75, 3.05) is 18.8 Å². The van der Waals surface area contributed by atoms with Crippen LogP contribution in [0.2, 0.25) is 0 Å². The second-order valence-corrected chi connectivity index (χ2v) is 8.80. The molecule has 2 aromatic carbocycles. The highest BCUT2D eigenvalue weighted by molar-refractivity contribution is 7.89. The van der Waals surface area contributed by atoms with Crippen LogP contribution in [-0.2, 0) is 16.6 Å². The fraction of sp³-hybridized carbons (Fsp3) is 0.350. The maximum absolute atomic E-state index is 12.7. The molecular formula is C20H25N3O3S. The highest BCUT2D eigenvalue weighted by atomic mass is 32.2. The SMILES string of the molecule is Cc1ccc(N)cc1C(=O)NCc1ccc(S(=O)(=O)N2CCCCC2)cc1. The molecule has 0 spiro atoms. The van der Waals surface area contributed by atoms with Crippen LogP contribution in [-0.4, -0.2) is 31.7 Å². The molecule has 1 heterocycles. The molecule has 27 heavy (non-hydrogen) atoms. The number of hydrogen-bond donors (Lipinski definition) is 2. The van der Waals surface area contributed by atoms with E-state index in [9.17, 15) is 13.2 Å². The fourth-order valence-electron chi connectivity index (χ4n) is 3.20. The van der Waals surface area contributed by atoms with E-state index in [0.717, 1.165) is 30.4 Å². The van der Waals surface area contributed by atoms with Crippen LogP contribution in [0.25, 0.3) is 0 Å². The van der Waals surface area contributed by atoms with Gasteiger partial charge in [0.15, 0.2) is 0 Å². The van der Waals surface area contributed by atoms with E-state index in [-0.39, 0.29) is 5.91 Å². The number of benzene rings is 2. The molecule has 144 valence electrons. The maximum Gasteiger partial charge on any atom is 0.251 e. The Balaban J connectivity index is 1.65. The zero-order chi connectivity index (χ0) is 19.4. The third-order valence-electron chi connectivity index (χ3n) is 4.84. The van der Waals surface area contributed by atoms with Gasteiger partial charge >= 0.3 is 0 Å². The molecule has 0 unspecified atom stereocenters. The van der Waals surface area contributed by atoms with Gasteiger partial charge in [-0.15, -0.1) is 0 Å². The molecular weight excluding hydrogens is 362 g/mol. The number of anilines is 1. The van der Waals surface area contributed by atoms with Gasteiger partial charge in [-0.2, -0.15) is 4.31 Å². The van der Waals surface area contributed by atoms with Crippen LogP contribution >= 0.6 is 0 Å². The Morgan fingerprint density at radius 2 is 1.74 bits per heavy atom. The molecule has 6 nitrogen and oxygen atoms in total. The van der Waals surface area contributed by atoms with E-state index in [1.807, 2.05) is 13.0 Å². The molecule has 0 aliphatic carbocycles. The second kappa shape index (κ2) is 8.10. The lowest BCUT2D eigenvalue weighted by Gasteiger charge is -2.25. The average Bonchev–Trinajstić information content (AvgIpc) is 2.69. The lowest BCUT2D eigenvalue weighted by Crippen LogP contribution is -2.35. The van der Waals surface area contributed by atoms with E-state index in [2.05, 4.69) is 5.32 Å². The van der Waals surface area contributed by atoms with E-state index < -0.39 is 10.0 Å². The van der Waals surface area contributed by atoms with Crippen molar-refractivity contribution in [1.82, 2.24) is 9.62 Å². The minimum atomic E-state index is -3.43. The number of nitrogens with one attached hydrogen (secondary N) is 1. The summed E-state index contributed by atoms with van der Waals surface area (Å²) in [5, 5.41) is 2.85. The van der Waals surface area contributed by atoms with Gasteiger partial charge in [0.1, 0.15) is 0 Å². The summed E-state index contributed by atoms with van der Waals surface area (Å²) in [7, 11) is -3.43. The first kappa shape index (κ1) is 19.4. The number of amides is 1. The predicted octanol–water partition coefficient (Wildman–Crippen LogP) is 2.68. The normalized spacial score (nSPS) is 15.4. The van der Waals surface area contributed by atoms with Gasteiger partial charge in [0.25, 0.3) is 5.91 Å². The summed E-state index contributed by atoms with van der Waals surface area (Å²) in [6.07, 6.45) is 2.90. The zero-order valence-corrected chi connectivity index (χ0v) is 16.3. The van der Waals surface area contributed by atoms with Crippen LogP contribution in [0.3, 0.4) is 0 Å². The third kappa shape index (κ3) is 4.48. The van der Waals surface area contributed by atoms with Crippen LogP contribution in [0.15, 0.2) is 47.4 Å². The van der Waals surface area contributed by atoms with Gasteiger partial charge in [-0.1, -0.05) is 24.6 Å². The number of nitrogens with two attached hydrogens (primary N) is 1. The highest BCUT2D eigenvalue weighted by Gasteiger charge is 2.25. The van der Waals surface area contributed by atoms with Gasteiger partial charge in [0.2, 0.25) is 10.0 Å². The summed E-state index contributed by atoms with van der Waals surface area (Å²) in [6, 6.07) is 11.9. The molecule has 1 aliphatic heterocycles. The van der Waals surface area contributed by atoms with Crippen molar-refractivity contribution in [3.8, 4) is 0 Å². The predicted molar refractivity (Wildman–Crippen MR) is 106 cm³/mol. The van der Waals surface area contributed by atoms with Crippen molar-refractivity contribution in [2.24, 2.45) is 0 Å². The lowest BCUT2D eigenvalue weighted by atomic mass is 10.1. The van der Waals surface area contributed by atoms with Crippen molar-refractivity contribution in [3.63, 3.8) is 0 Å². The largest absolute Gasteiger partial charge is 0.399 e. The summed E-state index contributed by atoms with van der Waals surface area (Å²) in [5.41, 5.74) is 8.52. The first-order chi connectivity index (χ1) is 12.9. The molecule has 0 aromatic heterocycles. The summed E-state index contributed by atoms with van der Waals surface area (Å²) >= 11 is 0. The smallest absolute Gasteiger partial charge is 0.251 e. The van der Waals surface area contributed by atoms with E-state index in [1.54, 1.807) is 40.7 Å². The van der Waals surface area contributed by atoms with Crippen LogP contribution in [0.1, 0.15) is 40.7 Å². The number of piperidine rings is 1. The fourth-order valence-corrected chi connectivity index (χ4v) is 4.71. The van der Waals surface area contributed by atoms with Crippen molar-refractivity contribution >= 4 is 21.6 Å². The molecule has 3 N–H and O–H groups in total. The molecule has 1 aliphatic rings. The maximum atomic E-state index is 12.7. The summed E-state index contributed by atoms with van der Waals surface area (Å²) in [5.74, 6) is -0.204. The van der Waals surface area contributed by atoms with Crippen LogP contribution in [0, 0.1) is 6.92 Å². The Hall–Kier alpha value is -2.38. The zero-order valence-electron chi connectivity index (χ0n) is 15.4. The minimum Gasteiger partial charge on any atom is -0.399 e. The Kier molecular flexibility index (Phi) is 5.82. The molecule has 3 rings (SSSR count). The second-order valence-electron chi connectivity index (χ2n) is 6.87. The van der Waals surface area contributed by atoms with Gasteiger partial charge in [-0.05, 0) is 55.2 Å². The molecule has 1 saturated heterocycles. The van der Waals surface area contributed by atoms with Gasteiger partial charge in [-0.3, -0.25) is 4.79 Å². The van der Waals surface area contributed by atoms with Crippen molar-refractivity contribution < 1.29 is 13.2 Å². The Morgan fingerprint density at radius 3 is 2.41 bits per heavy atom. The number of hydrogen-bond acceptors (Lipinski definition) is 4. The van der Waals surface area contributed by atoms with Gasteiger partial charge < -0.3 is 11.1 Å². The Bertz CT molecular complexity index is 918. The minimum absolute atomic E-state index is 0.204. The molecule has 0 saturated carbocycles. The first-order valence-corrected chi connectivity index (χ1v) is 10.6. The molecule has 0 radical (unpaired) electrons. The summed E-state index contributed by atoms with van der Waals surface area (Å²) in [4.78, 5) is 12.7. The molecule has 7 heteroatoms. The number of carbonyl (C=O) groups is 1. The summed E-state index contributed by atoms with van der Waals surface area (Å²) < 4.78 is 26.9. The number of rotatable bonds is 5. The molecule has 1 fully saturated rings. The standard InChI is InChI=1S/C20H25N3O3S/c1-15-5-8-17(21)13-19(15)20(24)22-14-16-6-9-18(10-7-16)27(25,26)23-11-3-2-4-12-23/h5-10,13H,2-4,11-12,14,21H2,1H3,(H,22,24). The number of aryl methyl sites for hydroxylation is 1. The van der Waals surface area contributed by atoms with E-state index in [1.165, 1.54) is 0 Å². The number of nitrogens with zero attached hydrogens (tertiary/aromatic N) is 1. The number of sulfonamides is 1. The van der Waals surface area contributed by atoms with E-state index >= 15 is 0 Å². The molecule has 0 atom stereocenters. The van der Waals surface area contributed by atoms with Crippen LogP contribution in [0.5, 0.6) is 0 Å². The van der Waals surface area contributed by atoms with Gasteiger partial charge in [-0.25, -0.2) is 8.42 Å². The first-order valence-electron chi connectivity index (χ1n) is 9.11. The highest BCUT2D eigenvalue weighted by Crippen LogP contribution is 2.21. The molecule has 1 amide bonds. The van der Waals surface area contributed by atoms with E-state index in [4.69, 9.17) is 5.73 Å². The molecule has 2 aromatic rings. The van der Waals surface area contributed by atoms with Crippen LogP contribution in [0.4, 0.5) is 5.69 Å². The quantitative estimate of drug-likeness (QED) is 0.772. The van der Waals surface area contributed by atoms with Gasteiger partial charge in [0.05, 0.1) is 4.90 Å². The van der Waals surface area contributed by atoms with Crippen molar-refractivity contribution in [3.05, 3.63) is 59.2 Å². The monoisotopic (exact) mass is 387 g/mol. The Labute approximate surface area is 160 Å². The number of nitrogen functional groups attached to an aromatic ring is 1. The molecule has 0 bridgehead atoms. The Morgan fingerprint density at radius 1 is 1.07 bits per heavy atom. The van der Waals surface area contributed by atoms with Crippen molar-refractivity contribution in [2.45, 2.75) is 37.6 Å². The third-order valence-corrected chi connectivity index (χ3v) is 6.75. The number of carbonyl (C=O) groups excluding carboxylic acids is 1. The van der Waals surface area contributed by atoms with Gasteiger partial charge in [0, 0.05) is 30.9 Å². The van der Waals surface area contributed by atoms with Crippen LogP contribution < -0.4 is 11.1 Å². The lowest BCUT2D eigenvalue weighted by molar-refractivity contribution is 0.0950. The van der Waals surface area contributed by atoms with Crippen molar-refractivity contribution in [1.29, 1.82) is 0 Å². The average molecular weight is 388 g/mol. The summed E-state index contributed by atoms with van der Waals surface area (Å²) in [6.45, 7) is 3.34. The van der Waals surface area contributed by atoms with E-state index in [0.29, 0.717) is 35.8 Å².